The summed E-state index contributed by atoms with van der Waals surface area (Å²) in [5.74, 6) is 0. The Balaban J connectivity index is 1.98. The summed E-state index contributed by atoms with van der Waals surface area (Å²) in [4.78, 5) is 14.0. The van der Waals surface area contributed by atoms with Gasteiger partial charge in [-0.1, -0.05) is 0 Å². The fraction of sp³-hybridized carbons (Fsp3) is 0.929. The molecule has 0 aromatic carbocycles. The van der Waals surface area contributed by atoms with Crippen LogP contribution in [0.1, 0.15) is 20.8 Å². The summed E-state index contributed by atoms with van der Waals surface area (Å²) >= 11 is 0. The van der Waals surface area contributed by atoms with Crippen LogP contribution in [-0.2, 0) is 14.2 Å². The van der Waals surface area contributed by atoms with Crippen molar-refractivity contribution in [1.82, 2.24) is 10.2 Å². The second kappa shape index (κ2) is 6.48. The molecule has 0 aromatic rings. The lowest BCUT2D eigenvalue weighted by Crippen LogP contribution is -2.70. The lowest BCUT2D eigenvalue weighted by Gasteiger charge is -2.51. The van der Waals surface area contributed by atoms with Crippen LogP contribution in [0, 0.1) is 0 Å². The molecule has 2 fully saturated rings. The molecule has 2 N–H and O–H groups in total. The molecule has 2 saturated heterocycles. The molecule has 0 radical (unpaired) electrons. The van der Waals surface area contributed by atoms with E-state index in [1.807, 2.05) is 20.8 Å². The maximum absolute atomic E-state index is 11.8. The summed E-state index contributed by atoms with van der Waals surface area (Å²) in [6.07, 6.45) is -0.481. The van der Waals surface area contributed by atoms with Gasteiger partial charge in [-0.25, -0.2) is 4.79 Å². The highest BCUT2D eigenvalue weighted by Gasteiger charge is 2.45. The molecule has 0 aromatic heterocycles. The van der Waals surface area contributed by atoms with E-state index in [0.29, 0.717) is 26.4 Å². The van der Waals surface area contributed by atoms with E-state index in [1.165, 1.54) is 0 Å². The summed E-state index contributed by atoms with van der Waals surface area (Å²) in [7, 11) is 0. The SMILES string of the molecule is CC(C)(C)OC(=O)NCC1(CO)COCC2COCCN21. The zero-order valence-electron chi connectivity index (χ0n) is 13.1. The summed E-state index contributed by atoms with van der Waals surface area (Å²) in [6, 6.07) is 0.125. The third-order valence-corrected chi connectivity index (χ3v) is 3.77. The predicted octanol–water partition coefficient (Wildman–Crippen LogP) is -0.0268. The molecule has 2 heterocycles. The molecule has 0 saturated carbocycles. The first kappa shape index (κ1) is 16.5. The average molecular weight is 302 g/mol. The number of hydrogen-bond donors (Lipinski definition) is 2. The molecule has 2 unspecified atom stereocenters. The highest BCUT2D eigenvalue weighted by molar-refractivity contribution is 5.67. The Morgan fingerprint density at radius 2 is 2.14 bits per heavy atom. The standard InChI is InChI=1S/C14H26N2O5/c1-13(2,3)21-12(18)15-8-14(9-17)10-20-7-11-6-19-5-4-16(11)14/h11,17H,4-10H2,1-3H3,(H,15,18). The van der Waals surface area contributed by atoms with Crippen molar-refractivity contribution in [3.63, 3.8) is 0 Å². The minimum Gasteiger partial charge on any atom is -0.444 e. The van der Waals surface area contributed by atoms with Gasteiger partial charge in [-0.3, -0.25) is 4.90 Å². The van der Waals surface area contributed by atoms with E-state index >= 15 is 0 Å². The Labute approximate surface area is 125 Å². The molecular weight excluding hydrogens is 276 g/mol. The van der Waals surface area contributed by atoms with Crippen molar-refractivity contribution in [2.75, 3.05) is 46.1 Å². The molecule has 2 rings (SSSR count). The predicted molar refractivity (Wildman–Crippen MR) is 76.2 cm³/mol. The first-order valence-electron chi connectivity index (χ1n) is 7.36. The maximum Gasteiger partial charge on any atom is 0.407 e. The van der Waals surface area contributed by atoms with Crippen LogP contribution in [0.2, 0.25) is 0 Å². The molecular formula is C14H26N2O5. The summed E-state index contributed by atoms with van der Waals surface area (Å²) in [6.45, 7) is 8.57. The topological polar surface area (TPSA) is 80.3 Å². The molecule has 0 aliphatic carbocycles. The molecule has 2 aliphatic heterocycles. The molecule has 0 spiro atoms. The van der Waals surface area contributed by atoms with E-state index < -0.39 is 17.2 Å². The maximum atomic E-state index is 11.8. The number of aliphatic hydroxyl groups is 1. The van der Waals surface area contributed by atoms with Crippen LogP contribution in [0.3, 0.4) is 0 Å². The van der Waals surface area contributed by atoms with Gasteiger partial charge >= 0.3 is 6.09 Å². The molecule has 0 bridgehead atoms. The van der Waals surface area contributed by atoms with Crippen molar-refractivity contribution in [2.24, 2.45) is 0 Å². The van der Waals surface area contributed by atoms with Gasteiger partial charge < -0.3 is 24.6 Å². The van der Waals surface area contributed by atoms with Crippen LogP contribution in [0.4, 0.5) is 4.79 Å². The quantitative estimate of drug-likeness (QED) is 0.762. The van der Waals surface area contributed by atoms with Gasteiger partial charge in [0.1, 0.15) is 5.60 Å². The smallest absolute Gasteiger partial charge is 0.407 e. The number of carbonyl (C=O) groups excluding carboxylic acids is 1. The Morgan fingerprint density at radius 1 is 1.43 bits per heavy atom. The third kappa shape index (κ3) is 4.06. The molecule has 122 valence electrons. The van der Waals surface area contributed by atoms with Crippen LogP contribution in [0.25, 0.3) is 0 Å². The van der Waals surface area contributed by atoms with Gasteiger partial charge in [-0.05, 0) is 20.8 Å². The number of alkyl carbamates (subject to hydrolysis) is 1. The van der Waals surface area contributed by atoms with E-state index in [9.17, 15) is 9.90 Å². The van der Waals surface area contributed by atoms with Crippen LogP contribution >= 0.6 is 0 Å². The first-order chi connectivity index (χ1) is 9.86. The number of hydrogen-bond acceptors (Lipinski definition) is 6. The molecule has 7 heteroatoms. The summed E-state index contributed by atoms with van der Waals surface area (Å²) in [5.41, 5.74) is -1.15. The van der Waals surface area contributed by atoms with Crippen molar-refractivity contribution in [1.29, 1.82) is 0 Å². The number of fused-ring (bicyclic) bond motifs is 1. The van der Waals surface area contributed by atoms with Crippen molar-refractivity contribution in [3.05, 3.63) is 0 Å². The third-order valence-electron chi connectivity index (χ3n) is 3.77. The molecule has 1 amide bonds. The van der Waals surface area contributed by atoms with Gasteiger partial charge in [0, 0.05) is 13.1 Å². The van der Waals surface area contributed by atoms with E-state index in [2.05, 4.69) is 10.2 Å². The molecule has 2 aliphatic rings. The minimum atomic E-state index is -0.608. The number of rotatable bonds is 3. The van der Waals surface area contributed by atoms with E-state index in [1.54, 1.807) is 0 Å². The zero-order chi connectivity index (χ0) is 15.5. The van der Waals surface area contributed by atoms with Crippen molar-refractivity contribution in [2.45, 2.75) is 38.0 Å². The van der Waals surface area contributed by atoms with E-state index in [-0.39, 0.29) is 19.2 Å². The monoisotopic (exact) mass is 302 g/mol. The largest absolute Gasteiger partial charge is 0.444 e. The van der Waals surface area contributed by atoms with Gasteiger partial charge in [-0.15, -0.1) is 0 Å². The van der Waals surface area contributed by atoms with Crippen LogP contribution in [0.5, 0.6) is 0 Å². The highest BCUT2D eigenvalue weighted by Crippen LogP contribution is 2.26. The first-order valence-corrected chi connectivity index (χ1v) is 7.36. The Bertz CT molecular complexity index is 369. The van der Waals surface area contributed by atoms with Crippen LogP contribution in [0.15, 0.2) is 0 Å². The Hall–Kier alpha value is -0.890. The van der Waals surface area contributed by atoms with Gasteiger partial charge in [0.25, 0.3) is 0 Å². The van der Waals surface area contributed by atoms with Crippen molar-refractivity contribution < 1.29 is 24.1 Å². The number of nitrogens with zero attached hydrogens (tertiary/aromatic N) is 1. The zero-order valence-corrected chi connectivity index (χ0v) is 13.1. The molecule has 2 atom stereocenters. The Kier molecular flexibility index (Phi) is 5.08. The number of nitrogens with one attached hydrogen (secondary N) is 1. The van der Waals surface area contributed by atoms with Crippen molar-refractivity contribution >= 4 is 6.09 Å². The van der Waals surface area contributed by atoms with Gasteiger partial charge in [-0.2, -0.15) is 0 Å². The lowest BCUT2D eigenvalue weighted by molar-refractivity contribution is -0.164. The normalized spacial score (nSPS) is 30.6. The van der Waals surface area contributed by atoms with Crippen LogP contribution in [-0.4, -0.2) is 79.4 Å². The lowest BCUT2D eigenvalue weighted by atomic mass is 9.94. The van der Waals surface area contributed by atoms with E-state index in [4.69, 9.17) is 14.2 Å². The van der Waals surface area contributed by atoms with Gasteiger partial charge in [0.05, 0.1) is 44.6 Å². The number of ether oxygens (including phenoxy) is 3. The fourth-order valence-electron chi connectivity index (χ4n) is 2.78. The summed E-state index contributed by atoms with van der Waals surface area (Å²) < 4.78 is 16.3. The van der Waals surface area contributed by atoms with Gasteiger partial charge in [0.2, 0.25) is 0 Å². The average Bonchev–Trinajstić information content (AvgIpc) is 2.43. The van der Waals surface area contributed by atoms with Crippen molar-refractivity contribution in [3.8, 4) is 0 Å². The highest BCUT2D eigenvalue weighted by atomic mass is 16.6. The fourth-order valence-corrected chi connectivity index (χ4v) is 2.78. The second-order valence-electron chi connectivity index (χ2n) is 6.68. The second-order valence-corrected chi connectivity index (χ2v) is 6.68. The molecule has 21 heavy (non-hydrogen) atoms. The van der Waals surface area contributed by atoms with Crippen LogP contribution < -0.4 is 5.32 Å². The minimum absolute atomic E-state index is 0.0840. The van der Waals surface area contributed by atoms with Gasteiger partial charge in [0.15, 0.2) is 0 Å². The number of morpholine rings is 2. The Morgan fingerprint density at radius 3 is 2.81 bits per heavy atom. The number of amides is 1. The number of carbonyl (C=O) groups is 1. The summed E-state index contributed by atoms with van der Waals surface area (Å²) in [5, 5.41) is 12.6. The number of aliphatic hydroxyl groups excluding tert-OH is 1. The van der Waals surface area contributed by atoms with E-state index in [0.717, 1.165) is 6.54 Å². The molecule has 7 nitrogen and oxygen atoms in total.